The van der Waals surface area contributed by atoms with Gasteiger partial charge in [-0.15, -0.1) is 0 Å². The molecule has 0 saturated heterocycles. The van der Waals surface area contributed by atoms with Gasteiger partial charge in [-0.25, -0.2) is 4.39 Å². The second-order valence-corrected chi connectivity index (χ2v) is 5.57. The molecule has 3 rings (SSSR count). The zero-order valence-corrected chi connectivity index (χ0v) is 13.3. The first kappa shape index (κ1) is 15.3. The maximum absolute atomic E-state index is 13.9. The Balaban J connectivity index is 1.95. The summed E-state index contributed by atoms with van der Waals surface area (Å²) in [5.74, 6) is -0.391. The lowest BCUT2D eigenvalue weighted by atomic mass is 10.2. The Labute approximate surface area is 135 Å². The molecule has 0 spiro atoms. The first-order chi connectivity index (χ1) is 11.1. The summed E-state index contributed by atoms with van der Waals surface area (Å²) in [5, 5.41) is 0.481. The number of carbonyl (C=O) groups excluding carboxylic acids is 1. The molecule has 118 valence electrons. The highest BCUT2D eigenvalue weighted by Gasteiger charge is 2.20. The minimum absolute atomic E-state index is 0.0885. The normalized spacial score (nSPS) is 10.9. The molecule has 0 atom stereocenters. The van der Waals surface area contributed by atoms with Crippen LogP contribution in [-0.4, -0.2) is 21.9 Å². The lowest BCUT2D eigenvalue weighted by Crippen LogP contribution is -2.31. The summed E-state index contributed by atoms with van der Waals surface area (Å²) in [6.07, 6.45) is 0. The molecule has 3 nitrogen and oxygen atoms in total. The Morgan fingerprint density at radius 3 is 2.52 bits per heavy atom. The fourth-order valence-corrected chi connectivity index (χ4v) is 2.82. The molecule has 0 aliphatic heterocycles. The minimum Gasteiger partial charge on any atom is -0.340 e. The van der Waals surface area contributed by atoms with Gasteiger partial charge in [0, 0.05) is 25.5 Å². The number of fused-ring (bicyclic) bond motifs is 1. The van der Waals surface area contributed by atoms with Gasteiger partial charge >= 0.3 is 0 Å². The SMILES string of the molecule is CCN(Cc1ccccc1)C(=O)c1cc2c(F)cccc2n1C. The number of rotatable bonds is 4. The van der Waals surface area contributed by atoms with Crippen LogP contribution in [0.15, 0.2) is 54.6 Å². The van der Waals surface area contributed by atoms with Crippen LogP contribution in [0.3, 0.4) is 0 Å². The van der Waals surface area contributed by atoms with Gasteiger partial charge in [0.05, 0.1) is 5.52 Å². The first-order valence-corrected chi connectivity index (χ1v) is 7.69. The minimum atomic E-state index is -0.303. The molecule has 4 heteroatoms. The van der Waals surface area contributed by atoms with E-state index in [2.05, 4.69) is 0 Å². The number of carbonyl (C=O) groups is 1. The number of halogens is 1. The third kappa shape index (κ3) is 2.84. The summed E-state index contributed by atoms with van der Waals surface area (Å²) >= 11 is 0. The third-order valence-corrected chi connectivity index (χ3v) is 4.14. The average Bonchev–Trinajstić information content (AvgIpc) is 2.91. The lowest BCUT2D eigenvalue weighted by molar-refractivity contribution is 0.0743. The van der Waals surface area contributed by atoms with Crippen LogP contribution < -0.4 is 0 Å². The predicted octanol–water partition coefficient (Wildman–Crippen LogP) is 3.98. The van der Waals surface area contributed by atoms with Gasteiger partial charge in [-0.1, -0.05) is 36.4 Å². The molecule has 2 aromatic carbocycles. The average molecular weight is 310 g/mol. The maximum Gasteiger partial charge on any atom is 0.270 e. The second kappa shape index (κ2) is 6.24. The van der Waals surface area contributed by atoms with Crippen molar-refractivity contribution in [2.75, 3.05) is 6.54 Å². The molecule has 0 bridgehead atoms. The fourth-order valence-electron chi connectivity index (χ4n) is 2.82. The lowest BCUT2D eigenvalue weighted by Gasteiger charge is -2.21. The van der Waals surface area contributed by atoms with Gasteiger partial charge < -0.3 is 9.47 Å². The van der Waals surface area contributed by atoms with Crippen molar-refractivity contribution in [3.05, 3.63) is 71.7 Å². The second-order valence-electron chi connectivity index (χ2n) is 5.57. The molecular weight excluding hydrogens is 291 g/mol. The maximum atomic E-state index is 13.9. The van der Waals surface area contributed by atoms with Crippen LogP contribution in [0.4, 0.5) is 4.39 Å². The molecule has 0 N–H and O–H groups in total. The molecule has 0 radical (unpaired) electrons. The standard InChI is InChI=1S/C19H19FN2O/c1-3-22(13-14-8-5-4-6-9-14)19(23)18-12-15-16(20)10-7-11-17(15)21(18)2/h4-12H,3,13H2,1-2H3. The van der Waals surface area contributed by atoms with Crippen molar-refractivity contribution in [2.45, 2.75) is 13.5 Å². The molecule has 0 unspecified atom stereocenters. The molecule has 1 heterocycles. The molecule has 23 heavy (non-hydrogen) atoms. The number of nitrogens with zero attached hydrogens (tertiary/aromatic N) is 2. The van der Waals surface area contributed by atoms with Crippen LogP contribution >= 0.6 is 0 Å². The van der Waals surface area contributed by atoms with Crippen LogP contribution in [0.1, 0.15) is 23.0 Å². The molecular formula is C19H19FN2O. The van der Waals surface area contributed by atoms with Crippen molar-refractivity contribution in [3.8, 4) is 0 Å². The van der Waals surface area contributed by atoms with E-state index in [1.165, 1.54) is 6.07 Å². The van der Waals surface area contributed by atoms with E-state index in [0.29, 0.717) is 24.2 Å². The summed E-state index contributed by atoms with van der Waals surface area (Å²) in [7, 11) is 1.80. The number of amides is 1. The van der Waals surface area contributed by atoms with Gasteiger partial charge in [0.15, 0.2) is 0 Å². The largest absolute Gasteiger partial charge is 0.340 e. The van der Waals surface area contributed by atoms with E-state index in [0.717, 1.165) is 11.1 Å². The molecule has 0 aliphatic rings. The summed E-state index contributed by atoms with van der Waals surface area (Å²) < 4.78 is 15.7. The van der Waals surface area contributed by atoms with E-state index in [-0.39, 0.29) is 11.7 Å². The zero-order chi connectivity index (χ0) is 16.4. The molecule has 0 aliphatic carbocycles. The number of hydrogen-bond donors (Lipinski definition) is 0. The first-order valence-electron chi connectivity index (χ1n) is 7.69. The van der Waals surface area contributed by atoms with Crippen LogP contribution in [0.25, 0.3) is 10.9 Å². The summed E-state index contributed by atoms with van der Waals surface area (Å²) in [5.41, 5.74) is 2.31. The van der Waals surface area contributed by atoms with Gasteiger partial charge in [-0.2, -0.15) is 0 Å². The Morgan fingerprint density at radius 2 is 1.87 bits per heavy atom. The number of hydrogen-bond acceptors (Lipinski definition) is 1. The summed E-state index contributed by atoms with van der Waals surface area (Å²) in [6.45, 7) is 3.09. The van der Waals surface area contributed by atoms with Crippen LogP contribution in [-0.2, 0) is 13.6 Å². The van der Waals surface area contributed by atoms with Crippen molar-refractivity contribution in [1.82, 2.24) is 9.47 Å². The van der Waals surface area contributed by atoms with Crippen LogP contribution in [0, 0.1) is 5.82 Å². The van der Waals surface area contributed by atoms with Crippen molar-refractivity contribution in [1.29, 1.82) is 0 Å². The van der Waals surface area contributed by atoms with E-state index in [1.807, 2.05) is 43.3 Å². The Hall–Kier alpha value is -2.62. The summed E-state index contributed by atoms with van der Waals surface area (Å²) in [6, 6.07) is 16.4. The predicted molar refractivity (Wildman–Crippen MR) is 89.7 cm³/mol. The van der Waals surface area contributed by atoms with Crippen molar-refractivity contribution < 1.29 is 9.18 Å². The fraction of sp³-hybridized carbons (Fsp3) is 0.211. The van der Waals surface area contributed by atoms with E-state index in [9.17, 15) is 9.18 Å². The highest BCUT2D eigenvalue weighted by molar-refractivity contribution is 5.98. The van der Waals surface area contributed by atoms with Gasteiger partial charge in [-0.05, 0) is 30.7 Å². The monoisotopic (exact) mass is 310 g/mol. The summed E-state index contributed by atoms with van der Waals surface area (Å²) in [4.78, 5) is 14.6. The van der Waals surface area contributed by atoms with Gasteiger partial charge in [-0.3, -0.25) is 4.79 Å². The Bertz CT molecular complexity index is 839. The highest BCUT2D eigenvalue weighted by atomic mass is 19.1. The molecule has 1 aromatic heterocycles. The molecule has 3 aromatic rings. The Morgan fingerprint density at radius 1 is 1.13 bits per heavy atom. The molecule has 0 saturated carbocycles. The van der Waals surface area contributed by atoms with Crippen LogP contribution in [0.2, 0.25) is 0 Å². The van der Waals surface area contributed by atoms with Gasteiger partial charge in [0.25, 0.3) is 5.91 Å². The van der Waals surface area contributed by atoms with Gasteiger partial charge in [0.2, 0.25) is 0 Å². The van der Waals surface area contributed by atoms with E-state index < -0.39 is 0 Å². The topological polar surface area (TPSA) is 25.2 Å². The van der Waals surface area contributed by atoms with Crippen molar-refractivity contribution in [2.24, 2.45) is 7.05 Å². The highest BCUT2D eigenvalue weighted by Crippen LogP contribution is 2.23. The smallest absolute Gasteiger partial charge is 0.270 e. The van der Waals surface area contributed by atoms with Gasteiger partial charge in [0.1, 0.15) is 11.5 Å². The van der Waals surface area contributed by atoms with Crippen molar-refractivity contribution in [3.63, 3.8) is 0 Å². The Kier molecular flexibility index (Phi) is 4.15. The van der Waals surface area contributed by atoms with Crippen LogP contribution in [0.5, 0.6) is 0 Å². The van der Waals surface area contributed by atoms with E-state index >= 15 is 0 Å². The number of aryl methyl sites for hydroxylation is 1. The zero-order valence-electron chi connectivity index (χ0n) is 13.3. The molecule has 1 amide bonds. The number of aromatic nitrogens is 1. The number of benzene rings is 2. The quantitative estimate of drug-likeness (QED) is 0.715. The van der Waals surface area contributed by atoms with E-state index in [4.69, 9.17) is 0 Å². The van der Waals surface area contributed by atoms with E-state index in [1.54, 1.807) is 28.6 Å². The molecule has 0 fully saturated rings. The van der Waals surface area contributed by atoms with Crippen molar-refractivity contribution >= 4 is 16.8 Å². The third-order valence-electron chi connectivity index (χ3n) is 4.14.